The fraction of sp³-hybridized carbons (Fsp3) is 0.333. The molecule has 0 heterocycles. The number of ether oxygens (including phenoxy) is 1. The van der Waals surface area contributed by atoms with Crippen molar-refractivity contribution in [1.82, 2.24) is 10.6 Å². The second-order valence-electron chi connectivity index (χ2n) is 6.67. The maximum Gasteiger partial charge on any atom is 0.420 e. The number of nitrogens with one attached hydrogen (secondary N) is 2. The van der Waals surface area contributed by atoms with E-state index in [4.69, 9.17) is 4.74 Å². The molecule has 27 heavy (non-hydrogen) atoms. The Balaban J connectivity index is 0.00000176. The Hall–Kier alpha value is -2.86. The summed E-state index contributed by atoms with van der Waals surface area (Å²) in [6, 6.07) is 16.4. The van der Waals surface area contributed by atoms with Crippen LogP contribution in [0.2, 0.25) is 0 Å². The summed E-state index contributed by atoms with van der Waals surface area (Å²) in [5, 5.41) is 4.76. The molecule has 0 fully saturated rings. The molecule has 0 spiro atoms. The number of urea groups is 1. The Morgan fingerprint density at radius 1 is 0.889 bits per heavy atom. The fourth-order valence-corrected chi connectivity index (χ4v) is 2.12. The minimum absolute atomic E-state index is 0.372. The van der Waals surface area contributed by atoms with E-state index in [1.54, 1.807) is 12.1 Å². The molecular weight excluding hydrogens is 342 g/mol. The van der Waals surface area contributed by atoms with Gasteiger partial charge in [-0.15, -0.1) is 0 Å². The SMILES string of the molecule is CC.C[N+](C)(C)CCNC(=O)NC(=O)Oc1ccc(-c2ccccc2)cc1. The Labute approximate surface area is 161 Å². The van der Waals surface area contributed by atoms with Gasteiger partial charge in [0.2, 0.25) is 0 Å². The Morgan fingerprint density at radius 3 is 2.00 bits per heavy atom. The molecule has 6 heteroatoms. The first-order valence-electron chi connectivity index (χ1n) is 9.06. The van der Waals surface area contributed by atoms with E-state index in [1.165, 1.54) is 0 Å². The van der Waals surface area contributed by atoms with Gasteiger partial charge in [-0.25, -0.2) is 14.9 Å². The smallest absolute Gasteiger partial charge is 0.410 e. The maximum atomic E-state index is 11.7. The maximum absolute atomic E-state index is 11.7. The quantitative estimate of drug-likeness (QED) is 0.783. The van der Waals surface area contributed by atoms with E-state index >= 15 is 0 Å². The lowest BCUT2D eigenvalue weighted by molar-refractivity contribution is -0.869. The number of hydrogen-bond acceptors (Lipinski definition) is 3. The number of amides is 3. The number of rotatable bonds is 5. The molecule has 3 amide bonds. The van der Waals surface area contributed by atoms with Crippen LogP contribution in [0.3, 0.4) is 0 Å². The van der Waals surface area contributed by atoms with Crippen LogP contribution in [0.15, 0.2) is 54.6 Å². The molecule has 146 valence electrons. The van der Waals surface area contributed by atoms with Crippen LogP contribution in [-0.4, -0.2) is 50.8 Å². The summed E-state index contributed by atoms with van der Waals surface area (Å²) in [4.78, 5) is 23.4. The molecule has 6 nitrogen and oxygen atoms in total. The van der Waals surface area contributed by atoms with Crippen molar-refractivity contribution in [3.63, 3.8) is 0 Å². The molecule has 0 aliphatic rings. The van der Waals surface area contributed by atoms with Gasteiger partial charge in [0.25, 0.3) is 0 Å². The van der Waals surface area contributed by atoms with Crippen LogP contribution in [0.25, 0.3) is 11.1 Å². The van der Waals surface area contributed by atoms with Crippen molar-refractivity contribution in [3.8, 4) is 16.9 Å². The van der Waals surface area contributed by atoms with E-state index in [9.17, 15) is 9.59 Å². The molecule has 2 N–H and O–H groups in total. The van der Waals surface area contributed by atoms with Gasteiger partial charge in [-0.2, -0.15) is 0 Å². The number of hydrogen-bond donors (Lipinski definition) is 2. The number of benzene rings is 2. The summed E-state index contributed by atoms with van der Waals surface area (Å²) in [6.07, 6.45) is -0.810. The topological polar surface area (TPSA) is 67.4 Å². The predicted octanol–water partition coefficient (Wildman–Crippen LogP) is 3.88. The van der Waals surface area contributed by atoms with E-state index < -0.39 is 12.1 Å². The lowest BCUT2D eigenvalue weighted by atomic mass is 10.1. The first-order chi connectivity index (χ1) is 12.8. The molecule has 0 aromatic heterocycles. The van der Waals surface area contributed by atoms with Gasteiger partial charge in [0.05, 0.1) is 34.2 Å². The van der Waals surface area contributed by atoms with Crippen molar-refractivity contribution >= 4 is 12.1 Å². The molecule has 0 saturated heterocycles. The Morgan fingerprint density at radius 2 is 1.44 bits per heavy atom. The molecule has 0 aliphatic carbocycles. The van der Waals surface area contributed by atoms with Crippen molar-refractivity contribution in [3.05, 3.63) is 54.6 Å². The van der Waals surface area contributed by atoms with Gasteiger partial charge < -0.3 is 14.5 Å². The average Bonchev–Trinajstić information content (AvgIpc) is 2.63. The zero-order chi connectivity index (χ0) is 20.3. The second kappa shape index (κ2) is 11.0. The van der Waals surface area contributed by atoms with Crippen LogP contribution in [0.1, 0.15) is 13.8 Å². The normalized spacial score (nSPS) is 10.3. The average molecular weight is 372 g/mol. The summed E-state index contributed by atoms with van der Waals surface area (Å²) in [5.41, 5.74) is 2.10. The van der Waals surface area contributed by atoms with Gasteiger partial charge in [0.1, 0.15) is 5.75 Å². The van der Waals surface area contributed by atoms with Crippen molar-refractivity contribution in [2.45, 2.75) is 13.8 Å². The van der Waals surface area contributed by atoms with Gasteiger partial charge in [-0.3, -0.25) is 0 Å². The van der Waals surface area contributed by atoms with Gasteiger partial charge in [0, 0.05) is 0 Å². The zero-order valence-electron chi connectivity index (χ0n) is 16.8. The summed E-state index contributed by atoms with van der Waals surface area (Å²) in [7, 11) is 6.06. The number of nitrogens with zero attached hydrogens (tertiary/aromatic N) is 1. The van der Waals surface area contributed by atoms with Crippen molar-refractivity contribution in [2.75, 3.05) is 34.2 Å². The zero-order valence-corrected chi connectivity index (χ0v) is 16.8. The van der Waals surface area contributed by atoms with Crippen molar-refractivity contribution in [1.29, 1.82) is 0 Å². The highest BCUT2D eigenvalue weighted by Crippen LogP contribution is 2.21. The molecule has 0 saturated carbocycles. The lowest BCUT2D eigenvalue weighted by Gasteiger charge is -2.23. The third-order valence-corrected chi connectivity index (χ3v) is 3.46. The molecule has 2 rings (SSSR count). The van der Waals surface area contributed by atoms with Gasteiger partial charge in [0.15, 0.2) is 0 Å². The minimum Gasteiger partial charge on any atom is -0.410 e. The van der Waals surface area contributed by atoms with Gasteiger partial charge in [-0.05, 0) is 23.3 Å². The first-order valence-corrected chi connectivity index (χ1v) is 9.06. The molecule has 0 radical (unpaired) electrons. The van der Waals surface area contributed by atoms with E-state index in [1.807, 2.05) is 77.5 Å². The van der Waals surface area contributed by atoms with Gasteiger partial charge >= 0.3 is 12.1 Å². The molecule has 0 bridgehead atoms. The molecule has 2 aromatic carbocycles. The largest absolute Gasteiger partial charge is 0.420 e. The first kappa shape index (κ1) is 22.2. The monoisotopic (exact) mass is 372 g/mol. The number of imide groups is 1. The van der Waals surface area contributed by atoms with Gasteiger partial charge in [-0.1, -0.05) is 56.3 Å². The van der Waals surface area contributed by atoms with Crippen LogP contribution in [0, 0.1) is 0 Å². The molecular formula is C21H30N3O3+. The highest BCUT2D eigenvalue weighted by atomic mass is 16.6. The van der Waals surface area contributed by atoms with E-state index in [0.717, 1.165) is 22.2 Å². The second-order valence-corrected chi connectivity index (χ2v) is 6.67. The number of carbonyl (C=O) groups excluding carboxylic acids is 2. The Kier molecular flexibility index (Phi) is 9.02. The standard InChI is InChI=1S/C19H23N3O3.C2H6/c1-22(2,3)14-13-20-18(23)21-19(24)25-17-11-9-16(10-12-17)15-7-5-4-6-8-15;1-2/h4-12H,13-14H2,1-3H3,(H-,20,21,23,24);1-2H3/p+1. The highest BCUT2D eigenvalue weighted by molar-refractivity contribution is 5.91. The van der Waals surface area contributed by atoms with E-state index in [2.05, 4.69) is 10.6 Å². The number of quaternary nitrogens is 1. The summed E-state index contributed by atoms with van der Waals surface area (Å²) >= 11 is 0. The molecule has 0 unspecified atom stereocenters. The predicted molar refractivity (Wildman–Crippen MR) is 109 cm³/mol. The number of carbonyl (C=O) groups is 2. The summed E-state index contributed by atoms with van der Waals surface area (Å²) in [5.74, 6) is 0.372. The Bertz CT molecular complexity index is 708. The van der Waals surface area contributed by atoms with Crippen LogP contribution in [0.4, 0.5) is 9.59 Å². The molecule has 2 aromatic rings. The fourth-order valence-electron chi connectivity index (χ4n) is 2.12. The van der Waals surface area contributed by atoms with Crippen LogP contribution >= 0.6 is 0 Å². The molecule has 0 atom stereocenters. The van der Waals surface area contributed by atoms with E-state index in [-0.39, 0.29) is 0 Å². The third kappa shape index (κ3) is 8.87. The minimum atomic E-state index is -0.810. The van der Waals surface area contributed by atoms with Crippen LogP contribution < -0.4 is 15.4 Å². The molecule has 0 aliphatic heterocycles. The summed E-state index contributed by atoms with van der Waals surface area (Å²) < 4.78 is 5.83. The van der Waals surface area contributed by atoms with Crippen LogP contribution in [-0.2, 0) is 0 Å². The van der Waals surface area contributed by atoms with Crippen molar-refractivity contribution in [2.24, 2.45) is 0 Å². The lowest BCUT2D eigenvalue weighted by Crippen LogP contribution is -2.46. The van der Waals surface area contributed by atoms with Crippen molar-refractivity contribution < 1.29 is 18.8 Å². The number of likely N-dealkylation sites (N-methyl/N-ethyl adjacent to an activating group) is 1. The summed E-state index contributed by atoms with van der Waals surface area (Å²) in [6.45, 7) is 5.22. The third-order valence-electron chi connectivity index (χ3n) is 3.46. The van der Waals surface area contributed by atoms with E-state index in [0.29, 0.717) is 12.3 Å². The van der Waals surface area contributed by atoms with Crippen LogP contribution in [0.5, 0.6) is 5.75 Å². The highest BCUT2D eigenvalue weighted by Gasteiger charge is 2.12.